The van der Waals surface area contributed by atoms with Gasteiger partial charge in [-0.25, -0.2) is 0 Å². The Balaban J connectivity index is 1.80. The van der Waals surface area contributed by atoms with E-state index in [2.05, 4.69) is 35.5 Å². The molecule has 3 heteroatoms. The van der Waals surface area contributed by atoms with Crippen molar-refractivity contribution in [1.82, 2.24) is 10.2 Å². The van der Waals surface area contributed by atoms with Gasteiger partial charge in [0.05, 0.1) is 12.8 Å². The molecule has 0 saturated carbocycles. The molecule has 25 heavy (non-hydrogen) atoms. The zero-order chi connectivity index (χ0) is 18.0. The number of hydrogen-bond acceptors (Lipinski definition) is 3. The first-order chi connectivity index (χ1) is 12.4. The van der Waals surface area contributed by atoms with Crippen LogP contribution in [-0.2, 0) is 0 Å². The molecule has 1 aliphatic rings. The predicted octanol–water partition coefficient (Wildman–Crippen LogP) is 5.72. The molecule has 0 saturated heterocycles. The number of rotatable bonds is 17. The summed E-state index contributed by atoms with van der Waals surface area (Å²) >= 11 is 0. The minimum absolute atomic E-state index is 0.231. The van der Waals surface area contributed by atoms with Crippen molar-refractivity contribution < 1.29 is 5.11 Å². The van der Waals surface area contributed by atoms with E-state index in [1.165, 1.54) is 89.9 Å². The highest BCUT2D eigenvalue weighted by molar-refractivity contribution is 4.93. The number of β-amino-alcohol motifs (C(OH)–C–C–N with tert-alkyl or cyclic N) is 1. The quantitative estimate of drug-likeness (QED) is 0.260. The summed E-state index contributed by atoms with van der Waals surface area (Å²) in [6, 6.07) is 0. The van der Waals surface area contributed by atoms with Gasteiger partial charge in [-0.2, -0.15) is 0 Å². The second-order valence-electron chi connectivity index (χ2n) is 7.33. The molecule has 0 bridgehead atoms. The van der Waals surface area contributed by atoms with Crippen molar-refractivity contribution in [3.8, 4) is 0 Å². The van der Waals surface area contributed by atoms with Crippen molar-refractivity contribution >= 4 is 0 Å². The molecular formula is C22H42N2O. The highest BCUT2D eigenvalue weighted by Crippen LogP contribution is 2.14. The molecular weight excluding hydrogens is 308 g/mol. The van der Waals surface area contributed by atoms with Gasteiger partial charge < -0.3 is 15.3 Å². The van der Waals surface area contributed by atoms with E-state index in [1.807, 2.05) is 6.20 Å². The molecule has 0 aromatic rings. The van der Waals surface area contributed by atoms with Gasteiger partial charge in [0.15, 0.2) is 0 Å². The number of unbranched alkanes of at least 4 members (excludes halogenated alkanes) is 11. The first-order valence-corrected chi connectivity index (χ1v) is 10.8. The fraction of sp³-hybridized carbons (Fsp3) is 0.818. The molecule has 0 aromatic carbocycles. The van der Waals surface area contributed by atoms with Crippen LogP contribution in [0.2, 0.25) is 0 Å². The van der Waals surface area contributed by atoms with Crippen LogP contribution >= 0.6 is 0 Å². The Labute approximate surface area is 156 Å². The molecule has 1 aliphatic heterocycles. The van der Waals surface area contributed by atoms with Crippen LogP contribution in [0.5, 0.6) is 0 Å². The SMILES string of the molecule is CCCCCCCC/C=C/CCCCCCCC1NC=CN1CCO. The van der Waals surface area contributed by atoms with Crippen LogP contribution in [-0.4, -0.2) is 29.3 Å². The van der Waals surface area contributed by atoms with E-state index in [0.717, 1.165) is 6.54 Å². The van der Waals surface area contributed by atoms with Crippen molar-refractivity contribution in [1.29, 1.82) is 0 Å². The van der Waals surface area contributed by atoms with Crippen LogP contribution in [0.1, 0.15) is 96.8 Å². The largest absolute Gasteiger partial charge is 0.395 e. The summed E-state index contributed by atoms with van der Waals surface area (Å²) in [5, 5.41) is 12.4. The number of aliphatic hydroxyl groups excluding tert-OH is 1. The Morgan fingerprint density at radius 1 is 0.880 bits per heavy atom. The third-order valence-electron chi connectivity index (χ3n) is 5.05. The first kappa shape index (κ1) is 22.1. The molecule has 0 radical (unpaired) electrons. The Morgan fingerprint density at radius 3 is 2.12 bits per heavy atom. The van der Waals surface area contributed by atoms with Gasteiger partial charge in [0.1, 0.15) is 0 Å². The zero-order valence-corrected chi connectivity index (χ0v) is 16.6. The third kappa shape index (κ3) is 12.1. The van der Waals surface area contributed by atoms with Gasteiger partial charge >= 0.3 is 0 Å². The minimum Gasteiger partial charge on any atom is -0.395 e. The van der Waals surface area contributed by atoms with Crippen molar-refractivity contribution in [3.05, 3.63) is 24.6 Å². The summed E-state index contributed by atoms with van der Waals surface area (Å²) < 4.78 is 0. The lowest BCUT2D eigenvalue weighted by Gasteiger charge is -2.24. The summed E-state index contributed by atoms with van der Waals surface area (Å²) in [6.45, 7) is 3.24. The number of hydrogen-bond donors (Lipinski definition) is 2. The molecule has 1 rings (SSSR count). The molecule has 0 aromatic heterocycles. The topological polar surface area (TPSA) is 35.5 Å². The Bertz CT molecular complexity index is 341. The summed E-state index contributed by atoms with van der Waals surface area (Å²) in [7, 11) is 0. The third-order valence-corrected chi connectivity index (χ3v) is 5.05. The lowest BCUT2D eigenvalue weighted by atomic mass is 10.1. The van der Waals surface area contributed by atoms with Gasteiger partial charge in [-0.15, -0.1) is 0 Å². The summed E-state index contributed by atoms with van der Waals surface area (Å²) in [5.41, 5.74) is 0. The van der Waals surface area contributed by atoms with Crippen molar-refractivity contribution in [3.63, 3.8) is 0 Å². The number of aliphatic hydroxyl groups is 1. The van der Waals surface area contributed by atoms with Crippen molar-refractivity contribution in [2.45, 2.75) is 103 Å². The average Bonchev–Trinajstić information content (AvgIpc) is 3.06. The Hall–Kier alpha value is -0.960. The van der Waals surface area contributed by atoms with E-state index in [9.17, 15) is 0 Å². The fourth-order valence-electron chi connectivity index (χ4n) is 3.45. The lowest BCUT2D eigenvalue weighted by Crippen LogP contribution is -2.36. The number of nitrogens with one attached hydrogen (secondary N) is 1. The maximum Gasteiger partial charge on any atom is 0.0982 e. The zero-order valence-electron chi connectivity index (χ0n) is 16.6. The molecule has 146 valence electrons. The predicted molar refractivity (Wildman–Crippen MR) is 109 cm³/mol. The van der Waals surface area contributed by atoms with Crippen LogP contribution in [0.4, 0.5) is 0 Å². The van der Waals surface area contributed by atoms with E-state index < -0.39 is 0 Å². The lowest BCUT2D eigenvalue weighted by molar-refractivity contribution is 0.194. The van der Waals surface area contributed by atoms with Crippen LogP contribution < -0.4 is 5.32 Å². The van der Waals surface area contributed by atoms with Gasteiger partial charge in [-0.3, -0.25) is 0 Å². The maximum absolute atomic E-state index is 9.04. The van der Waals surface area contributed by atoms with Crippen molar-refractivity contribution in [2.24, 2.45) is 0 Å². The highest BCUT2D eigenvalue weighted by Gasteiger charge is 2.16. The summed E-state index contributed by atoms with van der Waals surface area (Å²) in [5.74, 6) is 0. The molecule has 1 atom stereocenters. The van der Waals surface area contributed by atoms with Gasteiger partial charge in [-0.1, -0.05) is 70.4 Å². The second-order valence-corrected chi connectivity index (χ2v) is 7.33. The fourth-order valence-corrected chi connectivity index (χ4v) is 3.45. The van der Waals surface area contributed by atoms with E-state index in [4.69, 9.17) is 5.11 Å². The highest BCUT2D eigenvalue weighted by atomic mass is 16.3. The molecule has 0 spiro atoms. The molecule has 1 heterocycles. The van der Waals surface area contributed by atoms with E-state index >= 15 is 0 Å². The van der Waals surface area contributed by atoms with E-state index in [1.54, 1.807) is 0 Å². The first-order valence-electron chi connectivity index (χ1n) is 10.8. The van der Waals surface area contributed by atoms with Crippen LogP contribution in [0.3, 0.4) is 0 Å². The van der Waals surface area contributed by atoms with Gasteiger partial charge in [-0.05, 0) is 38.5 Å². The molecule has 3 nitrogen and oxygen atoms in total. The second kappa shape index (κ2) is 16.5. The molecule has 0 fully saturated rings. The van der Waals surface area contributed by atoms with Crippen LogP contribution in [0.15, 0.2) is 24.6 Å². The normalized spacial score (nSPS) is 16.9. The molecule has 1 unspecified atom stereocenters. The van der Waals surface area contributed by atoms with Gasteiger partial charge in [0.25, 0.3) is 0 Å². The smallest absolute Gasteiger partial charge is 0.0982 e. The average molecular weight is 351 g/mol. The van der Waals surface area contributed by atoms with Gasteiger partial charge in [0, 0.05) is 18.9 Å². The molecule has 0 aliphatic carbocycles. The maximum atomic E-state index is 9.04. The number of allylic oxidation sites excluding steroid dienone is 2. The van der Waals surface area contributed by atoms with Crippen LogP contribution in [0.25, 0.3) is 0 Å². The number of nitrogens with zero attached hydrogens (tertiary/aromatic N) is 1. The standard InChI is InChI=1S/C22H42N2O/c1-2-3-4-5-6-7-8-9-10-11-12-13-14-15-16-17-22-23-18-19-24(22)20-21-25/h9-10,18-19,22-23,25H,2-8,11-17,20-21H2,1H3/b10-9+. The van der Waals surface area contributed by atoms with Crippen LogP contribution in [0, 0.1) is 0 Å². The Kier molecular flexibility index (Phi) is 14.6. The molecule has 2 N–H and O–H groups in total. The molecule has 0 amide bonds. The van der Waals surface area contributed by atoms with E-state index in [-0.39, 0.29) is 6.61 Å². The summed E-state index contributed by atoms with van der Waals surface area (Å²) in [4.78, 5) is 2.20. The summed E-state index contributed by atoms with van der Waals surface area (Å²) in [6.07, 6.45) is 28.0. The minimum atomic E-state index is 0.231. The van der Waals surface area contributed by atoms with Gasteiger partial charge in [0.2, 0.25) is 0 Å². The van der Waals surface area contributed by atoms with Crippen molar-refractivity contribution in [2.75, 3.05) is 13.2 Å². The monoisotopic (exact) mass is 350 g/mol. The van der Waals surface area contributed by atoms with E-state index in [0.29, 0.717) is 6.17 Å². The Morgan fingerprint density at radius 2 is 1.48 bits per heavy atom.